The van der Waals surface area contributed by atoms with Gasteiger partial charge in [0.25, 0.3) is 11.7 Å². The van der Waals surface area contributed by atoms with Crippen LogP contribution >= 0.6 is 0 Å². The van der Waals surface area contributed by atoms with Crippen LogP contribution in [0.3, 0.4) is 0 Å². The number of amides is 1. The standard InChI is InChI=1S/C22H23N7O2/c1-2-23-21(30)18-12-19(16-7-3-4-8-17(16)27-18)31-13-15-6-5-11-28(15)20-9-10-24-22-25-14-26-29(20)22/h3-4,7-10,12,14-15H,2,5-6,11,13H2,1H3,(H,23,30). The van der Waals surface area contributed by atoms with Crippen molar-refractivity contribution >= 4 is 28.4 Å². The Morgan fingerprint density at radius 1 is 1.26 bits per heavy atom. The first-order valence-corrected chi connectivity index (χ1v) is 10.5. The smallest absolute Gasteiger partial charge is 0.270 e. The summed E-state index contributed by atoms with van der Waals surface area (Å²) in [7, 11) is 0. The molecule has 31 heavy (non-hydrogen) atoms. The van der Waals surface area contributed by atoms with E-state index in [0.717, 1.165) is 36.1 Å². The van der Waals surface area contributed by atoms with Crippen molar-refractivity contribution in [3.05, 3.63) is 54.6 Å². The lowest BCUT2D eigenvalue weighted by Crippen LogP contribution is -2.35. The van der Waals surface area contributed by atoms with Crippen molar-refractivity contribution < 1.29 is 9.53 Å². The summed E-state index contributed by atoms with van der Waals surface area (Å²) in [6.45, 7) is 3.83. The van der Waals surface area contributed by atoms with E-state index in [9.17, 15) is 4.79 Å². The topological polar surface area (TPSA) is 97.5 Å². The Morgan fingerprint density at radius 2 is 2.16 bits per heavy atom. The van der Waals surface area contributed by atoms with Crippen molar-refractivity contribution in [2.24, 2.45) is 0 Å². The van der Waals surface area contributed by atoms with Gasteiger partial charge in [-0.25, -0.2) is 9.97 Å². The summed E-state index contributed by atoms with van der Waals surface area (Å²) in [6.07, 6.45) is 5.34. The van der Waals surface area contributed by atoms with Gasteiger partial charge in [0.2, 0.25) is 0 Å². The predicted octanol–water partition coefficient (Wildman–Crippen LogP) is 2.47. The van der Waals surface area contributed by atoms with Gasteiger partial charge in [-0.1, -0.05) is 12.1 Å². The molecule has 158 valence electrons. The van der Waals surface area contributed by atoms with Crippen LogP contribution in [0.15, 0.2) is 48.9 Å². The second-order valence-corrected chi connectivity index (χ2v) is 7.46. The van der Waals surface area contributed by atoms with Crippen molar-refractivity contribution in [2.45, 2.75) is 25.8 Å². The van der Waals surface area contributed by atoms with Crippen LogP contribution in [0.4, 0.5) is 5.82 Å². The molecule has 1 aromatic carbocycles. The van der Waals surface area contributed by atoms with Gasteiger partial charge in [0.15, 0.2) is 0 Å². The van der Waals surface area contributed by atoms with E-state index in [1.807, 2.05) is 37.3 Å². The lowest BCUT2D eigenvalue weighted by Gasteiger charge is -2.26. The van der Waals surface area contributed by atoms with E-state index in [1.54, 1.807) is 16.8 Å². The molecule has 9 nitrogen and oxygen atoms in total. The molecule has 9 heteroatoms. The van der Waals surface area contributed by atoms with E-state index in [4.69, 9.17) is 4.74 Å². The molecule has 0 saturated carbocycles. The number of hydrogen-bond donors (Lipinski definition) is 1. The molecular weight excluding hydrogens is 394 g/mol. The number of fused-ring (bicyclic) bond motifs is 2. The quantitative estimate of drug-likeness (QED) is 0.515. The van der Waals surface area contributed by atoms with Crippen LogP contribution in [0.1, 0.15) is 30.3 Å². The third-order valence-electron chi connectivity index (χ3n) is 5.51. The summed E-state index contributed by atoms with van der Waals surface area (Å²) in [5, 5.41) is 8.01. The first kappa shape index (κ1) is 19.2. The number of nitrogens with one attached hydrogen (secondary N) is 1. The Morgan fingerprint density at radius 3 is 3.06 bits per heavy atom. The van der Waals surface area contributed by atoms with Crippen LogP contribution < -0.4 is 15.0 Å². The van der Waals surface area contributed by atoms with Crippen molar-refractivity contribution in [1.29, 1.82) is 0 Å². The van der Waals surface area contributed by atoms with Gasteiger partial charge < -0.3 is 15.0 Å². The highest BCUT2D eigenvalue weighted by Gasteiger charge is 2.28. The molecular formula is C22H23N7O2. The molecule has 3 aromatic heterocycles. The molecule has 1 N–H and O–H groups in total. The largest absolute Gasteiger partial charge is 0.491 e. The number of para-hydroxylation sites is 1. The average Bonchev–Trinajstić information content (AvgIpc) is 3.46. The van der Waals surface area contributed by atoms with E-state index in [2.05, 4.69) is 30.3 Å². The van der Waals surface area contributed by atoms with Crippen molar-refractivity contribution in [1.82, 2.24) is 29.9 Å². The number of rotatable bonds is 6. The number of hydrogen-bond acceptors (Lipinski definition) is 7. The molecule has 4 aromatic rings. The predicted molar refractivity (Wildman–Crippen MR) is 116 cm³/mol. The fraction of sp³-hybridized carbons (Fsp3) is 0.318. The van der Waals surface area contributed by atoms with E-state index >= 15 is 0 Å². The fourth-order valence-electron chi connectivity index (χ4n) is 4.07. The van der Waals surface area contributed by atoms with Gasteiger partial charge >= 0.3 is 0 Å². The molecule has 4 heterocycles. The first-order valence-electron chi connectivity index (χ1n) is 10.5. The van der Waals surface area contributed by atoms with Crippen LogP contribution in [-0.4, -0.2) is 56.2 Å². The highest BCUT2D eigenvalue weighted by molar-refractivity contribution is 5.97. The van der Waals surface area contributed by atoms with Crippen molar-refractivity contribution in [3.63, 3.8) is 0 Å². The lowest BCUT2D eigenvalue weighted by atomic mass is 10.1. The molecule has 0 aliphatic carbocycles. The molecule has 0 bridgehead atoms. The number of pyridine rings is 1. The summed E-state index contributed by atoms with van der Waals surface area (Å²) >= 11 is 0. The molecule has 1 fully saturated rings. The molecule has 0 spiro atoms. The van der Waals surface area contributed by atoms with Crippen molar-refractivity contribution in [3.8, 4) is 5.75 Å². The number of carbonyl (C=O) groups is 1. The van der Waals surface area contributed by atoms with E-state index < -0.39 is 0 Å². The normalized spacial score (nSPS) is 16.2. The number of aromatic nitrogens is 5. The summed E-state index contributed by atoms with van der Waals surface area (Å²) in [6, 6.07) is 11.6. The lowest BCUT2D eigenvalue weighted by molar-refractivity contribution is 0.0950. The van der Waals surface area contributed by atoms with Crippen LogP contribution in [0.25, 0.3) is 16.7 Å². The molecule has 5 rings (SSSR count). The number of benzene rings is 1. The molecule has 1 unspecified atom stereocenters. The number of carbonyl (C=O) groups excluding carboxylic acids is 1. The van der Waals surface area contributed by atoms with Gasteiger partial charge in [0.05, 0.1) is 11.6 Å². The molecule has 1 aliphatic heterocycles. The number of ether oxygens (including phenoxy) is 1. The highest BCUT2D eigenvalue weighted by Crippen LogP contribution is 2.29. The van der Waals surface area contributed by atoms with Crippen molar-refractivity contribution in [2.75, 3.05) is 24.6 Å². The third-order valence-corrected chi connectivity index (χ3v) is 5.51. The van der Waals surface area contributed by atoms with Gasteiger partial charge in [-0.05, 0) is 38.0 Å². The van der Waals surface area contributed by atoms with E-state index in [0.29, 0.717) is 30.4 Å². The summed E-state index contributed by atoms with van der Waals surface area (Å²) in [5.74, 6) is 2.00. The number of anilines is 1. The second-order valence-electron chi connectivity index (χ2n) is 7.46. The van der Waals surface area contributed by atoms with Crippen LogP contribution in [-0.2, 0) is 0 Å². The molecule has 1 amide bonds. The zero-order valence-corrected chi connectivity index (χ0v) is 17.2. The molecule has 0 radical (unpaired) electrons. The first-order chi connectivity index (χ1) is 15.2. The Kier molecular flexibility index (Phi) is 5.07. The Balaban J connectivity index is 1.42. The van der Waals surface area contributed by atoms with Gasteiger partial charge in [-0.2, -0.15) is 14.6 Å². The maximum atomic E-state index is 12.4. The maximum Gasteiger partial charge on any atom is 0.270 e. The van der Waals surface area contributed by atoms with Gasteiger partial charge in [0, 0.05) is 30.7 Å². The zero-order valence-electron chi connectivity index (χ0n) is 17.2. The van der Waals surface area contributed by atoms with E-state index in [-0.39, 0.29) is 11.9 Å². The average molecular weight is 417 g/mol. The SMILES string of the molecule is CCNC(=O)c1cc(OCC2CCCN2c2ccnc3ncnn23)c2ccccc2n1. The van der Waals surface area contributed by atoms with Gasteiger partial charge in [-0.15, -0.1) is 0 Å². The van der Waals surface area contributed by atoms with Gasteiger partial charge in [0.1, 0.15) is 30.2 Å². The summed E-state index contributed by atoms with van der Waals surface area (Å²) in [5.41, 5.74) is 1.10. The second kappa shape index (κ2) is 8.17. The monoisotopic (exact) mass is 417 g/mol. The van der Waals surface area contributed by atoms with Crippen LogP contribution in [0.2, 0.25) is 0 Å². The highest BCUT2D eigenvalue weighted by atomic mass is 16.5. The minimum Gasteiger partial charge on any atom is -0.491 e. The fourth-order valence-corrected chi connectivity index (χ4v) is 4.07. The molecule has 1 aliphatic rings. The Hall–Kier alpha value is -3.75. The van der Waals surface area contributed by atoms with Crippen LogP contribution in [0, 0.1) is 0 Å². The summed E-state index contributed by atoms with van der Waals surface area (Å²) < 4.78 is 8.05. The minimum absolute atomic E-state index is 0.176. The third kappa shape index (κ3) is 3.63. The Labute approximate surface area is 179 Å². The Bertz CT molecular complexity index is 1240. The molecule has 1 saturated heterocycles. The number of nitrogens with zero attached hydrogens (tertiary/aromatic N) is 6. The zero-order chi connectivity index (χ0) is 21.2. The molecule has 1 atom stereocenters. The summed E-state index contributed by atoms with van der Waals surface area (Å²) in [4.78, 5) is 27.6. The van der Waals surface area contributed by atoms with Crippen LogP contribution in [0.5, 0.6) is 5.75 Å². The van der Waals surface area contributed by atoms with E-state index in [1.165, 1.54) is 6.33 Å². The maximum absolute atomic E-state index is 12.4. The van der Waals surface area contributed by atoms with Gasteiger partial charge in [-0.3, -0.25) is 4.79 Å². The minimum atomic E-state index is -0.203.